The summed E-state index contributed by atoms with van der Waals surface area (Å²) < 4.78 is 11.2. The topological polar surface area (TPSA) is 59.0 Å². The summed E-state index contributed by atoms with van der Waals surface area (Å²) in [7, 11) is 0. The lowest BCUT2D eigenvalue weighted by Crippen LogP contribution is -2.40. The highest BCUT2D eigenvalue weighted by atomic mass is 35.5. The molecule has 0 amide bonds. The van der Waals surface area contributed by atoms with Crippen LogP contribution in [0.1, 0.15) is 37.3 Å². The van der Waals surface area contributed by atoms with Crippen LogP contribution in [0.2, 0.25) is 0 Å². The molecule has 1 heterocycles. The number of halogens is 1. The minimum Gasteiger partial charge on any atom is -0.479 e. The van der Waals surface area contributed by atoms with Crippen LogP contribution in [0.5, 0.6) is 5.75 Å². The minimum absolute atomic E-state index is 0. The highest BCUT2D eigenvalue weighted by Gasteiger charge is 2.23. The number of morpholine rings is 1. The standard InChI is InChI=1S/C18H27NO4.ClH/c1-13(2)15-5-4-14(3)12-17(15)23-16(18(20)21)6-7-19-8-10-22-11-9-19;/h4-5,12-13,16H,6-11H2,1-3H3,(H,20,21);1H. The average molecular weight is 358 g/mol. The van der Waals surface area contributed by atoms with Crippen LogP contribution in [0.15, 0.2) is 18.2 Å². The fraction of sp³-hybridized carbons (Fsp3) is 0.611. The molecule has 0 radical (unpaired) electrons. The van der Waals surface area contributed by atoms with Crippen molar-refractivity contribution >= 4 is 18.4 Å². The number of hydrogen-bond acceptors (Lipinski definition) is 4. The SMILES string of the molecule is Cc1ccc(C(C)C)c(OC(CCN2CCOCC2)C(=O)O)c1.Cl. The van der Waals surface area contributed by atoms with Gasteiger partial charge in [0.15, 0.2) is 6.10 Å². The van der Waals surface area contributed by atoms with Gasteiger partial charge in [0.1, 0.15) is 5.75 Å². The molecular formula is C18H28ClNO4. The maximum Gasteiger partial charge on any atom is 0.344 e. The molecule has 0 bridgehead atoms. The maximum atomic E-state index is 11.6. The quantitative estimate of drug-likeness (QED) is 0.812. The van der Waals surface area contributed by atoms with Crippen LogP contribution in [0.4, 0.5) is 0 Å². The number of carboxylic acid groups (broad SMARTS) is 1. The van der Waals surface area contributed by atoms with Gasteiger partial charge in [0.25, 0.3) is 0 Å². The number of nitrogens with zero attached hydrogens (tertiary/aromatic N) is 1. The third-order valence-electron chi connectivity index (χ3n) is 4.15. The second kappa shape index (κ2) is 9.87. The van der Waals surface area contributed by atoms with Gasteiger partial charge in [-0.1, -0.05) is 26.0 Å². The van der Waals surface area contributed by atoms with E-state index in [9.17, 15) is 9.90 Å². The van der Waals surface area contributed by atoms with Crippen molar-refractivity contribution in [2.45, 2.75) is 39.2 Å². The number of rotatable bonds is 7. The predicted octanol–water partition coefficient (Wildman–Crippen LogP) is 3.09. The van der Waals surface area contributed by atoms with Gasteiger partial charge in [-0.25, -0.2) is 4.79 Å². The monoisotopic (exact) mass is 357 g/mol. The first-order chi connectivity index (χ1) is 11.0. The van der Waals surface area contributed by atoms with Gasteiger partial charge in [0.05, 0.1) is 13.2 Å². The molecule has 1 aliphatic rings. The molecule has 136 valence electrons. The summed E-state index contributed by atoms with van der Waals surface area (Å²) >= 11 is 0. The summed E-state index contributed by atoms with van der Waals surface area (Å²) in [6, 6.07) is 5.99. The predicted molar refractivity (Wildman–Crippen MR) is 96.4 cm³/mol. The van der Waals surface area contributed by atoms with Gasteiger partial charge in [-0.2, -0.15) is 0 Å². The summed E-state index contributed by atoms with van der Waals surface area (Å²) in [4.78, 5) is 13.8. The smallest absolute Gasteiger partial charge is 0.344 e. The second-order valence-electron chi connectivity index (χ2n) is 6.38. The summed E-state index contributed by atoms with van der Waals surface area (Å²) in [6.45, 7) is 10.0. The molecule has 1 atom stereocenters. The van der Waals surface area contributed by atoms with E-state index in [1.165, 1.54) is 0 Å². The van der Waals surface area contributed by atoms with E-state index in [1.54, 1.807) is 0 Å². The Morgan fingerprint density at radius 1 is 1.33 bits per heavy atom. The molecule has 1 N–H and O–H groups in total. The first-order valence-corrected chi connectivity index (χ1v) is 8.27. The van der Waals surface area contributed by atoms with Gasteiger partial charge in [-0.3, -0.25) is 4.90 Å². The van der Waals surface area contributed by atoms with E-state index in [0.717, 1.165) is 24.2 Å². The third kappa shape index (κ3) is 5.96. The summed E-state index contributed by atoms with van der Waals surface area (Å²) in [6.07, 6.45) is -0.349. The van der Waals surface area contributed by atoms with Gasteiger partial charge in [0.2, 0.25) is 0 Å². The lowest BCUT2D eigenvalue weighted by molar-refractivity contribution is -0.145. The summed E-state index contributed by atoms with van der Waals surface area (Å²) in [5.41, 5.74) is 2.12. The van der Waals surface area contributed by atoms with Gasteiger partial charge in [-0.15, -0.1) is 12.4 Å². The fourth-order valence-corrected chi connectivity index (χ4v) is 2.73. The third-order valence-corrected chi connectivity index (χ3v) is 4.15. The van der Waals surface area contributed by atoms with E-state index in [1.807, 2.05) is 25.1 Å². The molecule has 1 unspecified atom stereocenters. The van der Waals surface area contributed by atoms with Crippen molar-refractivity contribution in [1.82, 2.24) is 4.90 Å². The zero-order valence-electron chi connectivity index (χ0n) is 14.7. The Bertz CT molecular complexity index is 530. The Hall–Kier alpha value is -1.30. The van der Waals surface area contributed by atoms with Crippen molar-refractivity contribution in [2.24, 2.45) is 0 Å². The molecule has 24 heavy (non-hydrogen) atoms. The van der Waals surface area contributed by atoms with Crippen LogP contribution in [0, 0.1) is 6.92 Å². The number of ether oxygens (including phenoxy) is 2. The number of aliphatic carboxylic acids is 1. The maximum absolute atomic E-state index is 11.6. The fourth-order valence-electron chi connectivity index (χ4n) is 2.73. The highest BCUT2D eigenvalue weighted by molar-refractivity contribution is 5.85. The summed E-state index contributed by atoms with van der Waals surface area (Å²) in [5.74, 6) is 0.0723. The van der Waals surface area contributed by atoms with Crippen LogP contribution in [0.3, 0.4) is 0 Å². The normalized spacial score (nSPS) is 16.5. The zero-order chi connectivity index (χ0) is 16.8. The number of aryl methyl sites for hydroxylation is 1. The van der Waals surface area contributed by atoms with E-state index in [-0.39, 0.29) is 12.4 Å². The molecule has 0 spiro atoms. The lowest BCUT2D eigenvalue weighted by Gasteiger charge is -2.28. The van der Waals surface area contributed by atoms with Crippen molar-refractivity contribution in [3.05, 3.63) is 29.3 Å². The molecule has 1 aromatic rings. The Morgan fingerprint density at radius 2 is 2.00 bits per heavy atom. The van der Waals surface area contributed by atoms with Crippen molar-refractivity contribution in [3.8, 4) is 5.75 Å². The zero-order valence-corrected chi connectivity index (χ0v) is 15.5. The molecule has 1 fully saturated rings. The summed E-state index contributed by atoms with van der Waals surface area (Å²) in [5, 5.41) is 9.49. The molecule has 2 rings (SSSR count). The average Bonchev–Trinajstić information content (AvgIpc) is 2.51. The highest BCUT2D eigenvalue weighted by Crippen LogP contribution is 2.28. The Morgan fingerprint density at radius 3 is 2.58 bits per heavy atom. The molecule has 1 aliphatic heterocycles. The van der Waals surface area contributed by atoms with E-state index in [4.69, 9.17) is 9.47 Å². The van der Waals surface area contributed by atoms with Gasteiger partial charge < -0.3 is 14.6 Å². The first-order valence-electron chi connectivity index (χ1n) is 8.27. The number of carboxylic acids is 1. The molecule has 1 saturated heterocycles. The van der Waals surface area contributed by atoms with Crippen LogP contribution >= 0.6 is 12.4 Å². The van der Waals surface area contributed by atoms with E-state index >= 15 is 0 Å². The van der Waals surface area contributed by atoms with Crippen molar-refractivity contribution in [1.29, 1.82) is 0 Å². The van der Waals surface area contributed by atoms with Crippen LogP contribution in [0.25, 0.3) is 0 Å². The molecule has 5 nitrogen and oxygen atoms in total. The second-order valence-corrected chi connectivity index (χ2v) is 6.38. The van der Waals surface area contributed by atoms with E-state index in [0.29, 0.717) is 37.8 Å². The van der Waals surface area contributed by atoms with Crippen LogP contribution in [-0.2, 0) is 9.53 Å². The lowest BCUT2D eigenvalue weighted by atomic mass is 10.0. The molecule has 6 heteroatoms. The number of benzene rings is 1. The van der Waals surface area contributed by atoms with Gasteiger partial charge >= 0.3 is 5.97 Å². The van der Waals surface area contributed by atoms with Crippen molar-refractivity contribution in [3.63, 3.8) is 0 Å². The van der Waals surface area contributed by atoms with E-state index in [2.05, 4.69) is 18.7 Å². The molecule has 1 aromatic carbocycles. The van der Waals surface area contributed by atoms with E-state index < -0.39 is 12.1 Å². The molecule has 0 aromatic heterocycles. The first kappa shape index (κ1) is 20.7. The van der Waals surface area contributed by atoms with Crippen molar-refractivity contribution < 1.29 is 19.4 Å². The Kier molecular flexibility index (Phi) is 8.53. The largest absolute Gasteiger partial charge is 0.479 e. The number of hydrogen-bond donors (Lipinski definition) is 1. The Balaban J connectivity index is 0.00000288. The molecule has 0 saturated carbocycles. The van der Waals surface area contributed by atoms with Gasteiger partial charge in [0, 0.05) is 26.1 Å². The van der Waals surface area contributed by atoms with Gasteiger partial charge in [-0.05, 0) is 30.0 Å². The molecular weight excluding hydrogens is 330 g/mol. The Labute approximate surface area is 150 Å². The molecule has 0 aliphatic carbocycles. The van der Waals surface area contributed by atoms with Crippen molar-refractivity contribution in [2.75, 3.05) is 32.8 Å². The van der Waals surface area contributed by atoms with Crippen LogP contribution < -0.4 is 4.74 Å². The minimum atomic E-state index is -0.908. The number of carbonyl (C=O) groups is 1. The van der Waals surface area contributed by atoms with Crippen LogP contribution in [-0.4, -0.2) is 54.9 Å².